The van der Waals surface area contributed by atoms with Gasteiger partial charge in [0.25, 0.3) is 0 Å². The molecule has 2 unspecified atom stereocenters. The molecule has 0 bridgehead atoms. The molecule has 0 radical (unpaired) electrons. The fourth-order valence-corrected chi connectivity index (χ4v) is 2.58. The molecule has 3 nitrogen and oxygen atoms in total. The van der Waals surface area contributed by atoms with Crippen LogP contribution in [-0.2, 0) is 11.2 Å². The molecule has 2 rings (SSSR count). The van der Waals surface area contributed by atoms with Crippen LogP contribution in [0.15, 0.2) is 73.3 Å². The molecule has 23 heavy (non-hydrogen) atoms. The molecule has 2 N–H and O–H groups in total. The summed E-state index contributed by atoms with van der Waals surface area (Å²) in [5, 5.41) is 12.4. The minimum absolute atomic E-state index is 0.0210. The summed E-state index contributed by atoms with van der Waals surface area (Å²) in [5.41, 5.74) is 2.16. The van der Waals surface area contributed by atoms with Gasteiger partial charge >= 0.3 is 0 Å². The number of hydrogen-bond acceptors (Lipinski definition) is 2. The number of carbonyl (C=O) groups excluding carboxylic acids is 1. The number of amides is 1. The summed E-state index contributed by atoms with van der Waals surface area (Å²) in [6, 6.07) is 19.4. The van der Waals surface area contributed by atoms with Crippen molar-refractivity contribution < 1.29 is 9.90 Å². The zero-order chi connectivity index (χ0) is 16.5. The lowest BCUT2D eigenvalue weighted by Crippen LogP contribution is -2.39. The van der Waals surface area contributed by atoms with E-state index in [1.165, 1.54) is 0 Å². The molecule has 3 heteroatoms. The minimum Gasteiger partial charge on any atom is -0.394 e. The first-order valence-electron chi connectivity index (χ1n) is 7.84. The Bertz CT molecular complexity index is 610. The van der Waals surface area contributed by atoms with Gasteiger partial charge < -0.3 is 10.4 Å². The summed E-state index contributed by atoms with van der Waals surface area (Å²) in [5.74, 6) is -0.0963. The van der Waals surface area contributed by atoms with E-state index in [0.717, 1.165) is 11.1 Å². The van der Waals surface area contributed by atoms with E-state index in [9.17, 15) is 9.90 Å². The smallest absolute Gasteiger partial charge is 0.221 e. The van der Waals surface area contributed by atoms with E-state index < -0.39 is 0 Å². The molecule has 0 aliphatic rings. The molecule has 120 valence electrons. The number of nitrogens with one attached hydrogen (secondary N) is 1. The Kier molecular flexibility index (Phi) is 6.57. The Morgan fingerprint density at radius 1 is 1.09 bits per heavy atom. The Hall–Kier alpha value is -2.39. The zero-order valence-corrected chi connectivity index (χ0v) is 13.2. The van der Waals surface area contributed by atoms with Crippen LogP contribution in [0.4, 0.5) is 0 Å². The quantitative estimate of drug-likeness (QED) is 0.736. The van der Waals surface area contributed by atoms with Crippen LogP contribution in [-0.4, -0.2) is 23.7 Å². The van der Waals surface area contributed by atoms with Crippen molar-refractivity contribution in [2.45, 2.75) is 24.8 Å². The van der Waals surface area contributed by atoms with Gasteiger partial charge in [-0.3, -0.25) is 4.79 Å². The highest BCUT2D eigenvalue weighted by Gasteiger charge is 2.16. The molecule has 2 aromatic carbocycles. The van der Waals surface area contributed by atoms with Gasteiger partial charge in [0.2, 0.25) is 5.91 Å². The monoisotopic (exact) mass is 309 g/mol. The van der Waals surface area contributed by atoms with Crippen molar-refractivity contribution in [3.8, 4) is 0 Å². The van der Waals surface area contributed by atoms with Gasteiger partial charge in [-0.25, -0.2) is 0 Å². The maximum Gasteiger partial charge on any atom is 0.221 e. The first-order chi connectivity index (χ1) is 11.2. The average molecular weight is 309 g/mol. The Morgan fingerprint density at radius 3 is 2.26 bits per heavy atom. The van der Waals surface area contributed by atoms with Gasteiger partial charge in [-0.1, -0.05) is 66.7 Å². The van der Waals surface area contributed by atoms with Crippen molar-refractivity contribution in [1.29, 1.82) is 0 Å². The van der Waals surface area contributed by atoms with E-state index in [1.54, 1.807) is 6.08 Å². The highest BCUT2D eigenvalue weighted by molar-refractivity contribution is 5.77. The van der Waals surface area contributed by atoms with Crippen LogP contribution < -0.4 is 5.32 Å². The van der Waals surface area contributed by atoms with E-state index in [-0.39, 0.29) is 24.5 Å². The fourth-order valence-electron chi connectivity index (χ4n) is 2.58. The maximum atomic E-state index is 12.3. The summed E-state index contributed by atoms with van der Waals surface area (Å²) < 4.78 is 0. The minimum atomic E-state index is -0.272. The number of rotatable bonds is 8. The summed E-state index contributed by atoms with van der Waals surface area (Å²) >= 11 is 0. The predicted octanol–water partition coefficient (Wildman–Crippen LogP) is 3.07. The molecule has 0 saturated carbocycles. The second kappa shape index (κ2) is 8.91. The number of benzene rings is 2. The molecule has 2 atom stereocenters. The van der Waals surface area contributed by atoms with E-state index >= 15 is 0 Å². The van der Waals surface area contributed by atoms with Crippen molar-refractivity contribution in [3.05, 3.63) is 84.4 Å². The largest absolute Gasteiger partial charge is 0.394 e. The number of hydrogen-bond donors (Lipinski definition) is 2. The van der Waals surface area contributed by atoms with Crippen LogP contribution in [0, 0.1) is 0 Å². The average Bonchev–Trinajstić information content (AvgIpc) is 2.60. The summed E-state index contributed by atoms with van der Waals surface area (Å²) in [7, 11) is 0. The Morgan fingerprint density at radius 2 is 1.70 bits per heavy atom. The van der Waals surface area contributed by atoms with Gasteiger partial charge in [0, 0.05) is 12.3 Å². The molecule has 0 aliphatic carbocycles. The topological polar surface area (TPSA) is 49.3 Å². The molecular formula is C20H23NO2. The molecule has 0 aliphatic heterocycles. The Labute approximate surface area is 137 Å². The maximum absolute atomic E-state index is 12.3. The van der Waals surface area contributed by atoms with Gasteiger partial charge in [-0.2, -0.15) is 0 Å². The molecule has 2 aromatic rings. The van der Waals surface area contributed by atoms with Gasteiger partial charge in [0.1, 0.15) is 0 Å². The number of aliphatic hydroxyl groups excluding tert-OH is 1. The summed E-state index contributed by atoms with van der Waals surface area (Å²) in [4.78, 5) is 12.3. The molecule has 0 fully saturated rings. The van der Waals surface area contributed by atoms with E-state index in [4.69, 9.17) is 0 Å². The van der Waals surface area contributed by atoms with Crippen LogP contribution in [0.3, 0.4) is 0 Å². The first-order valence-corrected chi connectivity index (χ1v) is 7.84. The lowest BCUT2D eigenvalue weighted by molar-refractivity contribution is -0.122. The highest BCUT2D eigenvalue weighted by Crippen LogP contribution is 2.20. The van der Waals surface area contributed by atoms with Crippen molar-refractivity contribution >= 4 is 5.91 Å². The first kappa shape index (κ1) is 17.0. The number of allylic oxidation sites excluding steroid dienone is 1. The summed E-state index contributed by atoms with van der Waals surface area (Å²) in [6.07, 6.45) is 2.74. The molecule has 0 heterocycles. The van der Waals surface area contributed by atoms with Gasteiger partial charge in [0.15, 0.2) is 0 Å². The van der Waals surface area contributed by atoms with Crippen molar-refractivity contribution in [1.82, 2.24) is 5.32 Å². The highest BCUT2D eigenvalue weighted by atomic mass is 16.3. The fraction of sp³-hybridized carbons (Fsp3) is 0.250. The molecule has 1 amide bonds. The SMILES string of the molecule is C=CC(CC(=O)NC(CO)Cc1ccccc1)c1ccccc1. The van der Waals surface area contributed by atoms with Crippen molar-refractivity contribution in [3.63, 3.8) is 0 Å². The molecular weight excluding hydrogens is 286 g/mol. The predicted molar refractivity (Wildman–Crippen MR) is 93.2 cm³/mol. The third-order valence-electron chi connectivity index (χ3n) is 3.83. The van der Waals surface area contributed by atoms with Crippen LogP contribution >= 0.6 is 0 Å². The van der Waals surface area contributed by atoms with Crippen LogP contribution in [0.2, 0.25) is 0 Å². The van der Waals surface area contributed by atoms with Crippen LogP contribution in [0.5, 0.6) is 0 Å². The van der Waals surface area contributed by atoms with Crippen molar-refractivity contribution in [2.24, 2.45) is 0 Å². The third kappa shape index (κ3) is 5.38. The number of carbonyl (C=O) groups is 1. The summed E-state index contributed by atoms with van der Waals surface area (Å²) in [6.45, 7) is 3.75. The lowest BCUT2D eigenvalue weighted by Gasteiger charge is -2.19. The zero-order valence-electron chi connectivity index (χ0n) is 13.2. The standard InChI is InChI=1S/C20H23NO2/c1-2-17(18-11-7-4-8-12-18)14-20(23)21-19(15-22)13-16-9-5-3-6-10-16/h2-12,17,19,22H,1,13-15H2,(H,21,23). The van der Waals surface area contributed by atoms with Crippen molar-refractivity contribution in [2.75, 3.05) is 6.61 Å². The van der Waals surface area contributed by atoms with E-state index in [0.29, 0.717) is 12.8 Å². The third-order valence-corrected chi connectivity index (χ3v) is 3.83. The van der Waals surface area contributed by atoms with Gasteiger partial charge in [-0.05, 0) is 17.5 Å². The normalized spacial score (nSPS) is 13.1. The lowest BCUT2D eigenvalue weighted by atomic mass is 9.95. The number of aliphatic hydroxyl groups is 1. The molecule has 0 spiro atoms. The van der Waals surface area contributed by atoms with Gasteiger partial charge in [0.05, 0.1) is 12.6 Å². The molecule has 0 aromatic heterocycles. The second-order valence-corrected chi connectivity index (χ2v) is 5.59. The van der Waals surface area contributed by atoms with Gasteiger partial charge in [-0.15, -0.1) is 6.58 Å². The molecule has 0 saturated heterocycles. The van der Waals surface area contributed by atoms with E-state index in [2.05, 4.69) is 11.9 Å². The second-order valence-electron chi connectivity index (χ2n) is 5.59. The Balaban J connectivity index is 1.92. The van der Waals surface area contributed by atoms with E-state index in [1.807, 2.05) is 60.7 Å². The van der Waals surface area contributed by atoms with Crippen LogP contribution in [0.1, 0.15) is 23.5 Å². The van der Waals surface area contributed by atoms with Crippen LogP contribution in [0.25, 0.3) is 0 Å².